The molecule has 0 saturated carbocycles. The van der Waals surface area contributed by atoms with Crippen LogP contribution in [0.5, 0.6) is 5.75 Å². The molecular formula is C52H54F4N8O6S2. The van der Waals surface area contributed by atoms with Crippen molar-refractivity contribution in [2.24, 2.45) is 5.41 Å². The van der Waals surface area contributed by atoms with E-state index in [4.69, 9.17) is 27.0 Å². The molecule has 4 amide bonds. The second kappa shape index (κ2) is 21.9. The monoisotopic (exact) mass is 1030 g/mol. The number of alkyl halides is 3. The summed E-state index contributed by atoms with van der Waals surface area (Å²) in [5, 5.41) is 14.7. The van der Waals surface area contributed by atoms with Crippen LogP contribution in [0.1, 0.15) is 82.8 Å². The molecule has 2 saturated heterocycles. The molecule has 2 aliphatic rings. The molecule has 2 aromatic heterocycles. The van der Waals surface area contributed by atoms with Crippen molar-refractivity contribution in [3.63, 3.8) is 0 Å². The van der Waals surface area contributed by atoms with Crippen molar-refractivity contribution >= 4 is 63.7 Å². The van der Waals surface area contributed by atoms with Crippen molar-refractivity contribution in [1.82, 2.24) is 25.5 Å². The number of thiazole rings is 1. The van der Waals surface area contributed by atoms with Crippen LogP contribution in [0.25, 0.3) is 21.6 Å². The second-order valence-corrected chi connectivity index (χ2v) is 20.3. The van der Waals surface area contributed by atoms with Gasteiger partial charge < -0.3 is 29.9 Å². The van der Waals surface area contributed by atoms with Gasteiger partial charge in [-0.05, 0) is 117 Å². The molecule has 378 valence electrons. The average Bonchev–Trinajstić information content (AvgIpc) is 4.05. The number of rotatable bonds is 17. The minimum Gasteiger partial charge on any atom is -0.494 e. The number of aromatic nitrogens is 2. The Hall–Kier alpha value is -6.82. The van der Waals surface area contributed by atoms with Crippen LogP contribution in [0.2, 0.25) is 0 Å². The number of nitrogens with zero attached hydrogens (tertiary/aromatic N) is 6. The summed E-state index contributed by atoms with van der Waals surface area (Å²) in [6, 6.07) is 19.7. The maximum atomic E-state index is 15.9. The SMILES string of the molecule is Cc1ncsc1-c1ccc(CNC(=O)[C@@H]2CCCN2C(=O)C(NC(=O)COCCCCOc2ccc(-c3ccc(N4C(=S)N(c5cnc(C#N)c(C(F)(F)F)c5)C(=O)C4(C)C)c(F)c3)cc2)C(C)(C)C)cc1. The largest absolute Gasteiger partial charge is 0.494 e. The number of likely N-dealkylation sites (tertiary alicyclic amines) is 1. The van der Waals surface area contributed by atoms with E-state index in [2.05, 4.69) is 20.6 Å². The van der Waals surface area contributed by atoms with E-state index in [1.165, 1.54) is 36.9 Å². The molecule has 1 unspecified atom stereocenters. The normalized spacial score (nSPS) is 16.2. The van der Waals surface area contributed by atoms with E-state index in [0.29, 0.717) is 68.3 Å². The predicted octanol–water partition coefficient (Wildman–Crippen LogP) is 9.14. The van der Waals surface area contributed by atoms with Gasteiger partial charge in [0.2, 0.25) is 17.7 Å². The molecule has 3 aromatic carbocycles. The van der Waals surface area contributed by atoms with E-state index in [1.807, 2.05) is 57.5 Å². The van der Waals surface area contributed by atoms with Crippen LogP contribution in [0, 0.1) is 29.5 Å². The zero-order valence-corrected chi connectivity index (χ0v) is 42.2. The molecule has 2 aliphatic heterocycles. The van der Waals surface area contributed by atoms with Gasteiger partial charge in [-0.25, -0.2) is 14.4 Å². The number of anilines is 2. The zero-order valence-electron chi connectivity index (χ0n) is 40.6. The highest BCUT2D eigenvalue weighted by Crippen LogP contribution is 2.41. The maximum Gasteiger partial charge on any atom is 0.419 e. The molecule has 5 aromatic rings. The molecule has 14 nitrogen and oxygen atoms in total. The number of aryl methyl sites for hydroxylation is 1. The Kier molecular flexibility index (Phi) is 16.1. The third-order valence-corrected chi connectivity index (χ3v) is 13.8. The van der Waals surface area contributed by atoms with Crippen LogP contribution in [0.3, 0.4) is 0 Å². The first-order valence-electron chi connectivity index (χ1n) is 23.2. The van der Waals surface area contributed by atoms with Gasteiger partial charge in [0, 0.05) is 19.7 Å². The van der Waals surface area contributed by atoms with E-state index in [9.17, 15) is 32.3 Å². The lowest BCUT2D eigenvalue weighted by Gasteiger charge is -2.35. The number of nitriles is 1. The number of carbonyl (C=O) groups is 4. The number of pyridine rings is 1. The summed E-state index contributed by atoms with van der Waals surface area (Å²) in [7, 11) is 0. The van der Waals surface area contributed by atoms with Crippen molar-refractivity contribution in [2.75, 3.05) is 36.2 Å². The standard InChI is InChI=1S/C52H54F4N8O6S2/c1-31-44(72-30-60-31)34-13-11-32(12-14-34)27-59-46(66)42-10-9-21-62(42)47(67)45(50(2,3)4)61-43(65)29-69-22-7-8-23-70-37-18-15-33(16-19-37)35-17-20-41(39(53)24-35)64-49(71)63(48(68)51(64,5)6)36-25-38(52(54,55)56)40(26-57)58-28-36/h11-20,24-25,28,30,42,45H,7-10,21-23,27,29H2,1-6H3,(H,59,66)(H,61,65)/t42-,45?/m0/s1. The first-order chi connectivity index (χ1) is 34.1. The van der Waals surface area contributed by atoms with Crippen LogP contribution in [0.4, 0.5) is 28.9 Å². The van der Waals surface area contributed by atoms with Crippen LogP contribution in [0.15, 0.2) is 84.5 Å². The molecule has 72 heavy (non-hydrogen) atoms. The van der Waals surface area contributed by atoms with Gasteiger partial charge in [-0.15, -0.1) is 11.3 Å². The van der Waals surface area contributed by atoms with E-state index in [1.54, 1.807) is 46.6 Å². The number of nitrogens with one attached hydrogen (secondary N) is 2. The van der Waals surface area contributed by atoms with Crippen molar-refractivity contribution in [3.05, 3.63) is 113 Å². The fourth-order valence-electron chi connectivity index (χ4n) is 8.56. The number of hydrogen-bond donors (Lipinski definition) is 2. The Morgan fingerprint density at radius 1 is 0.972 bits per heavy atom. The fraction of sp³-hybridized carbons (Fsp3) is 0.385. The lowest BCUT2D eigenvalue weighted by atomic mass is 9.85. The minimum atomic E-state index is -4.93. The van der Waals surface area contributed by atoms with Gasteiger partial charge in [0.1, 0.15) is 41.9 Å². The van der Waals surface area contributed by atoms with E-state index in [-0.39, 0.29) is 41.5 Å². The second-order valence-electron chi connectivity index (χ2n) is 19.1. The van der Waals surface area contributed by atoms with Crippen LogP contribution in [-0.2, 0) is 36.6 Å². The Bertz CT molecular complexity index is 2880. The molecule has 20 heteroatoms. The van der Waals surface area contributed by atoms with Crippen LogP contribution >= 0.6 is 23.6 Å². The summed E-state index contributed by atoms with van der Waals surface area (Å²) in [6.45, 7) is 11.6. The smallest absolute Gasteiger partial charge is 0.419 e. The van der Waals surface area contributed by atoms with Crippen molar-refractivity contribution in [1.29, 1.82) is 5.26 Å². The van der Waals surface area contributed by atoms with Crippen LogP contribution < -0.4 is 25.2 Å². The number of amides is 4. The number of ether oxygens (including phenoxy) is 2. The number of thiocarbonyl (C=S) groups is 1. The molecular weight excluding hydrogens is 973 g/mol. The van der Waals surface area contributed by atoms with Gasteiger partial charge >= 0.3 is 6.18 Å². The van der Waals surface area contributed by atoms with E-state index in [0.717, 1.165) is 32.8 Å². The summed E-state index contributed by atoms with van der Waals surface area (Å²) in [6.07, 6.45) is -1.60. The van der Waals surface area contributed by atoms with Gasteiger partial charge in [0.15, 0.2) is 10.8 Å². The molecule has 2 fully saturated rings. The van der Waals surface area contributed by atoms with Gasteiger partial charge in [0.25, 0.3) is 5.91 Å². The third-order valence-electron chi connectivity index (χ3n) is 12.5. The Labute approximate surface area is 424 Å². The van der Waals surface area contributed by atoms with Gasteiger partial charge in [-0.2, -0.15) is 18.4 Å². The maximum absolute atomic E-state index is 15.9. The number of carbonyl (C=O) groups excluding carboxylic acids is 4. The van der Waals surface area contributed by atoms with Crippen molar-refractivity contribution in [2.45, 2.75) is 97.6 Å². The molecule has 0 bridgehead atoms. The first-order valence-corrected chi connectivity index (χ1v) is 24.5. The summed E-state index contributed by atoms with van der Waals surface area (Å²) < 4.78 is 68.6. The topological polar surface area (TPSA) is 170 Å². The summed E-state index contributed by atoms with van der Waals surface area (Å²) in [5.74, 6) is -1.88. The van der Waals surface area contributed by atoms with Gasteiger partial charge in [0.05, 0.1) is 45.8 Å². The van der Waals surface area contributed by atoms with Crippen LogP contribution in [-0.4, -0.2) is 87.6 Å². The lowest BCUT2D eigenvalue weighted by molar-refractivity contribution is -0.144. The highest BCUT2D eigenvalue weighted by atomic mass is 32.1. The van der Waals surface area contributed by atoms with E-state index < -0.39 is 58.1 Å². The Morgan fingerprint density at radius 3 is 2.29 bits per heavy atom. The van der Waals surface area contributed by atoms with Crippen molar-refractivity contribution in [3.8, 4) is 33.4 Å². The summed E-state index contributed by atoms with van der Waals surface area (Å²) >= 11 is 7.12. The molecule has 7 rings (SSSR count). The third kappa shape index (κ3) is 11.8. The molecule has 0 radical (unpaired) electrons. The van der Waals surface area contributed by atoms with E-state index >= 15 is 4.39 Å². The summed E-state index contributed by atoms with van der Waals surface area (Å²) in [5.41, 5.74) is 1.21. The van der Waals surface area contributed by atoms with Crippen molar-refractivity contribution < 1.29 is 46.2 Å². The number of benzene rings is 3. The fourth-order valence-corrected chi connectivity index (χ4v) is 9.89. The molecule has 0 aliphatic carbocycles. The Balaban J connectivity index is 0.845. The predicted molar refractivity (Wildman–Crippen MR) is 268 cm³/mol. The zero-order chi connectivity index (χ0) is 52.1. The minimum absolute atomic E-state index is 0.0674. The molecule has 2 atom stereocenters. The highest BCUT2D eigenvalue weighted by molar-refractivity contribution is 7.81. The number of halogens is 4. The Morgan fingerprint density at radius 2 is 1.65 bits per heavy atom. The molecule has 0 spiro atoms. The number of unbranched alkanes of at least 4 members (excludes halogenated alkanes) is 1. The first kappa shape index (κ1) is 53.0. The number of hydrogen-bond acceptors (Lipinski definition) is 11. The lowest BCUT2D eigenvalue weighted by Crippen LogP contribution is -2.58. The molecule has 4 heterocycles. The van der Waals surface area contributed by atoms with Gasteiger partial charge in [-0.1, -0.05) is 63.2 Å². The highest BCUT2D eigenvalue weighted by Gasteiger charge is 2.52. The quantitative estimate of drug-likeness (QED) is 0.0518. The summed E-state index contributed by atoms with van der Waals surface area (Å²) in [4.78, 5) is 66.7. The van der Waals surface area contributed by atoms with Gasteiger partial charge in [-0.3, -0.25) is 24.1 Å². The average molecular weight is 1030 g/mol. The molecule has 2 N–H and O–H groups in total.